The Morgan fingerprint density at radius 2 is 1.60 bits per heavy atom. The highest BCUT2D eigenvalue weighted by Gasteiger charge is 2.41. The minimum absolute atomic E-state index is 0.0649. The molecular formula is C30H32BrN3O5S. The number of carbonyl (C=O) groups is 3. The first kappa shape index (κ1) is 29.5. The Morgan fingerprint density at radius 3 is 2.25 bits per heavy atom. The molecule has 1 heterocycles. The number of halogens is 1. The van der Waals surface area contributed by atoms with Crippen LogP contribution >= 0.6 is 15.9 Å². The van der Waals surface area contributed by atoms with E-state index in [0.29, 0.717) is 0 Å². The second-order valence-electron chi connectivity index (χ2n) is 10.7. The van der Waals surface area contributed by atoms with Crippen LogP contribution in [0.2, 0.25) is 0 Å². The lowest BCUT2D eigenvalue weighted by Crippen LogP contribution is -2.54. The SMILES string of the molecule is CC(C)(C)NC(=O)[C@@H](Cc1ccccc1)N(Cc1cccc(Br)c1)C(=O)CCN1C(=O)c2ccccc2S1(=O)=O. The Balaban J connectivity index is 1.65. The smallest absolute Gasteiger partial charge is 0.269 e. The third-order valence-corrected chi connectivity index (χ3v) is 8.79. The maximum absolute atomic E-state index is 13.9. The monoisotopic (exact) mass is 625 g/mol. The summed E-state index contributed by atoms with van der Waals surface area (Å²) in [5.41, 5.74) is 1.21. The molecule has 0 unspecified atom stereocenters. The zero-order valence-electron chi connectivity index (χ0n) is 22.6. The molecule has 8 nitrogen and oxygen atoms in total. The molecule has 210 valence electrons. The van der Waals surface area contributed by atoms with Gasteiger partial charge in [-0.2, -0.15) is 0 Å². The lowest BCUT2D eigenvalue weighted by molar-refractivity contribution is -0.142. The largest absolute Gasteiger partial charge is 0.350 e. The second kappa shape index (κ2) is 11.9. The van der Waals surface area contributed by atoms with Crippen molar-refractivity contribution in [3.05, 3.63) is 100 Å². The fourth-order valence-electron chi connectivity index (χ4n) is 4.63. The zero-order chi connectivity index (χ0) is 29.1. The van der Waals surface area contributed by atoms with Crippen molar-refractivity contribution in [3.8, 4) is 0 Å². The summed E-state index contributed by atoms with van der Waals surface area (Å²) in [6.07, 6.45) is -0.0179. The third kappa shape index (κ3) is 6.79. The van der Waals surface area contributed by atoms with Gasteiger partial charge in [-0.05, 0) is 56.2 Å². The fraction of sp³-hybridized carbons (Fsp3) is 0.300. The molecule has 3 amide bonds. The number of nitrogens with one attached hydrogen (secondary N) is 1. The molecule has 40 heavy (non-hydrogen) atoms. The number of carbonyl (C=O) groups excluding carboxylic acids is 3. The van der Waals surface area contributed by atoms with E-state index in [1.807, 2.05) is 75.4 Å². The highest BCUT2D eigenvalue weighted by molar-refractivity contribution is 9.10. The van der Waals surface area contributed by atoms with Crippen LogP contribution in [-0.2, 0) is 32.6 Å². The summed E-state index contributed by atoms with van der Waals surface area (Å²) >= 11 is 3.46. The first-order valence-electron chi connectivity index (χ1n) is 12.9. The summed E-state index contributed by atoms with van der Waals surface area (Å²) in [5.74, 6) is -1.42. The van der Waals surface area contributed by atoms with Crippen molar-refractivity contribution in [2.24, 2.45) is 0 Å². The van der Waals surface area contributed by atoms with E-state index in [9.17, 15) is 22.8 Å². The number of benzene rings is 3. The van der Waals surface area contributed by atoms with Crippen molar-refractivity contribution in [1.82, 2.24) is 14.5 Å². The van der Waals surface area contributed by atoms with Gasteiger partial charge in [0, 0.05) is 35.9 Å². The van der Waals surface area contributed by atoms with Crippen LogP contribution in [0.4, 0.5) is 0 Å². The van der Waals surface area contributed by atoms with Gasteiger partial charge in [-0.1, -0.05) is 70.5 Å². The van der Waals surface area contributed by atoms with Crippen molar-refractivity contribution < 1.29 is 22.8 Å². The van der Waals surface area contributed by atoms with Crippen LogP contribution in [0.3, 0.4) is 0 Å². The van der Waals surface area contributed by atoms with E-state index in [1.54, 1.807) is 12.1 Å². The molecule has 4 rings (SSSR count). The van der Waals surface area contributed by atoms with Gasteiger partial charge in [0.15, 0.2) is 0 Å². The van der Waals surface area contributed by atoms with E-state index in [1.165, 1.54) is 17.0 Å². The minimum atomic E-state index is -4.06. The molecule has 3 aromatic rings. The Hall–Kier alpha value is -3.50. The van der Waals surface area contributed by atoms with Crippen LogP contribution in [0.15, 0.2) is 88.2 Å². The van der Waals surface area contributed by atoms with Gasteiger partial charge in [0.2, 0.25) is 11.8 Å². The molecule has 3 aromatic carbocycles. The van der Waals surface area contributed by atoms with Gasteiger partial charge in [-0.25, -0.2) is 12.7 Å². The van der Waals surface area contributed by atoms with E-state index in [-0.39, 0.29) is 42.3 Å². The molecule has 1 atom stereocenters. The summed E-state index contributed by atoms with van der Waals surface area (Å²) in [6.45, 7) is 5.39. The van der Waals surface area contributed by atoms with E-state index in [4.69, 9.17) is 0 Å². The molecule has 0 saturated heterocycles. The molecule has 0 saturated carbocycles. The van der Waals surface area contributed by atoms with Crippen LogP contribution < -0.4 is 5.32 Å². The minimum Gasteiger partial charge on any atom is -0.350 e. The van der Waals surface area contributed by atoms with E-state index in [0.717, 1.165) is 19.9 Å². The van der Waals surface area contributed by atoms with Crippen molar-refractivity contribution in [3.63, 3.8) is 0 Å². The third-order valence-electron chi connectivity index (χ3n) is 6.45. The normalized spacial score (nSPS) is 14.9. The first-order chi connectivity index (χ1) is 18.9. The Bertz CT molecular complexity index is 1520. The second-order valence-corrected chi connectivity index (χ2v) is 13.5. The predicted octanol–water partition coefficient (Wildman–Crippen LogP) is 4.54. The number of nitrogens with zero attached hydrogens (tertiary/aromatic N) is 2. The Morgan fingerprint density at radius 1 is 0.950 bits per heavy atom. The van der Waals surface area contributed by atoms with E-state index in [2.05, 4.69) is 21.2 Å². The molecule has 0 radical (unpaired) electrons. The molecule has 0 aliphatic carbocycles. The molecule has 1 aliphatic rings. The quantitative estimate of drug-likeness (QED) is 0.376. The predicted molar refractivity (Wildman–Crippen MR) is 156 cm³/mol. The molecule has 1 aliphatic heterocycles. The topological polar surface area (TPSA) is 104 Å². The average Bonchev–Trinajstić information content (AvgIpc) is 3.09. The summed E-state index contributed by atoms with van der Waals surface area (Å²) < 4.78 is 27.7. The summed E-state index contributed by atoms with van der Waals surface area (Å²) in [7, 11) is -4.06. The highest BCUT2D eigenvalue weighted by Crippen LogP contribution is 2.30. The molecule has 10 heteroatoms. The molecule has 0 spiro atoms. The van der Waals surface area contributed by atoms with Crippen LogP contribution in [-0.4, -0.2) is 53.5 Å². The van der Waals surface area contributed by atoms with Crippen molar-refractivity contribution in [1.29, 1.82) is 0 Å². The van der Waals surface area contributed by atoms with Crippen molar-refractivity contribution >= 4 is 43.7 Å². The lowest BCUT2D eigenvalue weighted by Gasteiger charge is -2.34. The van der Waals surface area contributed by atoms with Gasteiger partial charge in [0.05, 0.1) is 5.56 Å². The van der Waals surface area contributed by atoms with E-state index < -0.39 is 33.4 Å². The zero-order valence-corrected chi connectivity index (χ0v) is 25.0. The maximum Gasteiger partial charge on any atom is 0.269 e. The molecule has 0 fully saturated rings. The van der Waals surface area contributed by atoms with Gasteiger partial charge in [0.25, 0.3) is 15.9 Å². The average molecular weight is 627 g/mol. The number of hydrogen-bond acceptors (Lipinski definition) is 5. The Kier molecular flexibility index (Phi) is 8.80. The van der Waals surface area contributed by atoms with Gasteiger partial charge < -0.3 is 10.2 Å². The number of sulfonamides is 1. The van der Waals surface area contributed by atoms with Gasteiger partial charge in [-0.15, -0.1) is 0 Å². The number of hydrogen-bond donors (Lipinski definition) is 1. The van der Waals surface area contributed by atoms with Crippen LogP contribution in [0.5, 0.6) is 0 Å². The highest BCUT2D eigenvalue weighted by atomic mass is 79.9. The first-order valence-corrected chi connectivity index (χ1v) is 15.2. The lowest BCUT2D eigenvalue weighted by atomic mass is 10.0. The van der Waals surface area contributed by atoms with Gasteiger partial charge in [-0.3, -0.25) is 14.4 Å². The van der Waals surface area contributed by atoms with Gasteiger partial charge in [0.1, 0.15) is 10.9 Å². The standard InChI is InChI=1S/C30H32BrN3O5S/c1-30(2,3)32-28(36)25(19-21-10-5-4-6-11-21)33(20-22-12-9-13-23(31)18-22)27(35)16-17-34-29(37)24-14-7-8-15-26(24)40(34,38)39/h4-15,18,25H,16-17,19-20H2,1-3H3,(H,32,36)/t25-/m1/s1. The molecule has 1 N–H and O–H groups in total. The maximum atomic E-state index is 13.9. The van der Waals surface area contributed by atoms with Crippen LogP contribution in [0.1, 0.15) is 48.7 Å². The summed E-state index contributed by atoms with van der Waals surface area (Å²) in [6, 6.07) is 22.0. The van der Waals surface area contributed by atoms with Crippen LogP contribution in [0.25, 0.3) is 0 Å². The summed E-state index contributed by atoms with van der Waals surface area (Å²) in [5, 5.41) is 3.00. The molecule has 0 aromatic heterocycles. The molecule has 0 bridgehead atoms. The fourth-order valence-corrected chi connectivity index (χ4v) is 6.65. The molecular weight excluding hydrogens is 594 g/mol. The van der Waals surface area contributed by atoms with Crippen LogP contribution in [0, 0.1) is 0 Å². The summed E-state index contributed by atoms with van der Waals surface area (Å²) in [4.78, 5) is 41.9. The van der Waals surface area contributed by atoms with E-state index >= 15 is 0 Å². The Labute approximate surface area is 243 Å². The van der Waals surface area contributed by atoms with Crippen molar-refractivity contribution in [2.45, 2.75) is 56.6 Å². The number of amides is 3. The van der Waals surface area contributed by atoms with Gasteiger partial charge >= 0.3 is 0 Å². The number of fused-ring (bicyclic) bond motifs is 1. The van der Waals surface area contributed by atoms with Crippen molar-refractivity contribution in [2.75, 3.05) is 6.54 Å². The number of rotatable bonds is 9.